The maximum atomic E-state index is 4.39. The maximum Gasteiger partial charge on any atom is -0.00495 e. The highest BCUT2D eigenvalue weighted by atomic mass is 14.8. The minimum absolute atomic E-state index is 0.496. The molecule has 1 spiro atoms. The van der Waals surface area contributed by atoms with Crippen molar-refractivity contribution < 1.29 is 0 Å². The summed E-state index contributed by atoms with van der Waals surface area (Å²) in [6, 6.07) is 0. The predicted molar refractivity (Wildman–Crippen MR) is 64.7 cm³/mol. The Morgan fingerprint density at radius 3 is 2.67 bits per heavy atom. The van der Waals surface area contributed by atoms with Crippen LogP contribution < -0.4 is 0 Å². The summed E-state index contributed by atoms with van der Waals surface area (Å²) in [5.74, 6) is 0.925. The van der Waals surface area contributed by atoms with Crippen molar-refractivity contribution in [1.29, 1.82) is 0 Å². The van der Waals surface area contributed by atoms with E-state index < -0.39 is 0 Å². The van der Waals surface area contributed by atoms with Crippen molar-refractivity contribution in [3.63, 3.8) is 0 Å². The molecular formula is C15H24. The van der Waals surface area contributed by atoms with E-state index in [0.717, 1.165) is 5.92 Å². The van der Waals surface area contributed by atoms with Gasteiger partial charge in [-0.2, -0.15) is 0 Å². The first-order valence-corrected chi connectivity index (χ1v) is 6.65. The molecule has 0 unspecified atom stereocenters. The summed E-state index contributed by atoms with van der Waals surface area (Å²) in [6.07, 6.45) is 8.51. The molecule has 3 fully saturated rings. The zero-order valence-electron chi connectivity index (χ0n) is 10.5. The van der Waals surface area contributed by atoms with Crippen LogP contribution in [0, 0.1) is 22.2 Å². The van der Waals surface area contributed by atoms with Gasteiger partial charge in [-0.3, -0.25) is 0 Å². The first-order chi connectivity index (χ1) is 6.96. The third-order valence-corrected chi connectivity index (χ3v) is 6.61. The van der Waals surface area contributed by atoms with Gasteiger partial charge in [-0.25, -0.2) is 0 Å². The molecule has 0 bridgehead atoms. The van der Waals surface area contributed by atoms with E-state index in [-0.39, 0.29) is 0 Å². The molecule has 0 aromatic heterocycles. The van der Waals surface area contributed by atoms with Crippen LogP contribution in [-0.2, 0) is 0 Å². The van der Waals surface area contributed by atoms with E-state index in [4.69, 9.17) is 0 Å². The first-order valence-electron chi connectivity index (χ1n) is 6.65. The van der Waals surface area contributed by atoms with Gasteiger partial charge in [0, 0.05) is 0 Å². The summed E-state index contributed by atoms with van der Waals surface area (Å²) in [7, 11) is 0. The van der Waals surface area contributed by atoms with E-state index >= 15 is 0 Å². The molecule has 0 N–H and O–H groups in total. The highest BCUT2D eigenvalue weighted by molar-refractivity contribution is 5.33. The van der Waals surface area contributed by atoms with E-state index in [1.807, 2.05) is 0 Å². The van der Waals surface area contributed by atoms with Crippen molar-refractivity contribution in [1.82, 2.24) is 0 Å². The monoisotopic (exact) mass is 204 g/mol. The molecule has 15 heavy (non-hydrogen) atoms. The zero-order valence-corrected chi connectivity index (χ0v) is 10.5. The lowest BCUT2D eigenvalue weighted by atomic mass is 9.31. The van der Waals surface area contributed by atoms with Crippen molar-refractivity contribution in [3.05, 3.63) is 12.2 Å². The van der Waals surface area contributed by atoms with Gasteiger partial charge in [0.15, 0.2) is 0 Å². The van der Waals surface area contributed by atoms with Gasteiger partial charge in [0.2, 0.25) is 0 Å². The van der Waals surface area contributed by atoms with Crippen LogP contribution >= 0.6 is 0 Å². The molecule has 0 heterocycles. The summed E-state index contributed by atoms with van der Waals surface area (Å²) >= 11 is 0. The Balaban J connectivity index is 2.11. The fraction of sp³-hybridized carbons (Fsp3) is 0.867. The number of hydrogen-bond donors (Lipinski definition) is 0. The van der Waals surface area contributed by atoms with Crippen molar-refractivity contribution in [3.8, 4) is 0 Å². The molecule has 3 aliphatic carbocycles. The van der Waals surface area contributed by atoms with E-state index in [2.05, 4.69) is 27.4 Å². The summed E-state index contributed by atoms with van der Waals surface area (Å²) in [6.45, 7) is 12.0. The van der Waals surface area contributed by atoms with Gasteiger partial charge >= 0.3 is 0 Å². The van der Waals surface area contributed by atoms with E-state index in [1.165, 1.54) is 38.5 Å². The molecular weight excluding hydrogens is 180 g/mol. The number of rotatable bonds is 0. The highest BCUT2D eigenvalue weighted by Crippen LogP contribution is 2.81. The van der Waals surface area contributed by atoms with Crippen LogP contribution in [0.2, 0.25) is 0 Å². The quantitative estimate of drug-likeness (QED) is 0.507. The smallest absolute Gasteiger partial charge is 0.00495 e. The minimum atomic E-state index is 0.496. The molecule has 0 saturated heterocycles. The van der Waals surface area contributed by atoms with Crippen LogP contribution in [0.25, 0.3) is 0 Å². The van der Waals surface area contributed by atoms with E-state index in [9.17, 15) is 0 Å². The third kappa shape index (κ3) is 0.797. The van der Waals surface area contributed by atoms with E-state index in [0.29, 0.717) is 16.2 Å². The van der Waals surface area contributed by atoms with Gasteiger partial charge in [-0.15, -0.1) is 0 Å². The van der Waals surface area contributed by atoms with Gasteiger partial charge in [0.1, 0.15) is 0 Å². The molecule has 3 rings (SSSR count). The largest absolute Gasteiger partial charge is 0.0993 e. The molecule has 0 aromatic rings. The number of hydrogen-bond acceptors (Lipinski definition) is 0. The Morgan fingerprint density at radius 1 is 1.27 bits per heavy atom. The second-order valence-electron chi connectivity index (χ2n) is 6.94. The molecule has 0 nitrogen and oxygen atoms in total. The second kappa shape index (κ2) is 2.52. The SMILES string of the molecule is C=C1CC[C@@H](C)[C@]23CCC[C@@]2(C)C[C@]13C. The predicted octanol–water partition coefficient (Wildman–Crippen LogP) is 4.56. The lowest BCUT2D eigenvalue weighted by Gasteiger charge is -2.72. The molecule has 0 heteroatoms. The molecule has 0 radical (unpaired) electrons. The molecule has 3 aliphatic rings. The Bertz CT molecular complexity index is 329. The van der Waals surface area contributed by atoms with Crippen molar-refractivity contribution in [2.45, 2.75) is 59.3 Å². The molecule has 0 aliphatic heterocycles. The Kier molecular flexibility index (Phi) is 1.67. The van der Waals surface area contributed by atoms with Crippen LogP contribution in [-0.4, -0.2) is 0 Å². The van der Waals surface area contributed by atoms with Crippen LogP contribution in [0.3, 0.4) is 0 Å². The second-order valence-corrected chi connectivity index (χ2v) is 6.94. The first kappa shape index (κ1) is 9.93. The lowest BCUT2D eigenvalue weighted by molar-refractivity contribution is -0.206. The van der Waals surface area contributed by atoms with E-state index in [1.54, 1.807) is 5.57 Å². The van der Waals surface area contributed by atoms with Crippen LogP contribution in [0.5, 0.6) is 0 Å². The van der Waals surface area contributed by atoms with Crippen molar-refractivity contribution in [2.75, 3.05) is 0 Å². The van der Waals surface area contributed by atoms with Gasteiger partial charge in [0.05, 0.1) is 0 Å². The van der Waals surface area contributed by atoms with Gasteiger partial charge in [-0.05, 0) is 54.3 Å². The topological polar surface area (TPSA) is 0 Å². The lowest BCUT2D eigenvalue weighted by Crippen LogP contribution is -2.65. The molecule has 84 valence electrons. The highest BCUT2D eigenvalue weighted by Gasteiger charge is 2.73. The Labute approximate surface area is 94.1 Å². The standard InChI is InChI=1S/C15H24/c1-11-6-7-12(2)15-9-5-8-13(15,3)10-14(11,15)4/h12H,1,5-10H2,2-4H3/t12-,13+,14-,15-/m1/s1. The Hall–Kier alpha value is -0.260. The average Bonchev–Trinajstić information content (AvgIpc) is 2.44. The Morgan fingerprint density at radius 2 is 2.00 bits per heavy atom. The zero-order chi connectivity index (χ0) is 10.9. The minimum Gasteiger partial charge on any atom is -0.0993 e. The van der Waals surface area contributed by atoms with Crippen LogP contribution in [0.15, 0.2) is 12.2 Å². The third-order valence-electron chi connectivity index (χ3n) is 6.61. The summed E-state index contributed by atoms with van der Waals surface area (Å²) in [4.78, 5) is 0. The fourth-order valence-corrected chi connectivity index (χ4v) is 6.04. The van der Waals surface area contributed by atoms with Gasteiger partial charge < -0.3 is 0 Å². The summed E-state index contributed by atoms with van der Waals surface area (Å²) in [5.41, 5.74) is 3.36. The number of allylic oxidation sites excluding steroid dienone is 1. The normalized spacial score (nSPS) is 58.3. The summed E-state index contributed by atoms with van der Waals surface area (Å²) in [5, 5.41) is 0. The van der Waals surface area contributed by atoms with Gasteiger partial charge in [0.25, 0.3) is 0 Å². The van der Waals surface area contributed by atoms with Crippen molar-refractivity contribution >= 4 is 0 Å². The molecule has 4 atom stereocenters. The molecule has 0 amide bonds. The summed E-state index contributed by atoms with van der Waals surface area (Å²) < 4.78 is 0. The van der Waals surface area contributed by atoms with Gasteiger partial charge in [-0.1, -0.05) is 39.3 Å². The average molecular weight is 204 g/mol. The molecule has 3 saturated carbocycles. The van der Waals surface area contributed by atoms with Crippen LogP contribution in [0.1, 0.15) is 59.3 Å². The van der Waals surface area contributed by atoms with Crippen molar-refractivity contribution in [2.24, 2.45) is 22.2 Å². The fourth-order valence-electron chi connectivity index (χ4n) is 6.04. The molecule has 0 aromatic carbocycles. The maximum absolute atomic E-state index is 4.39. The van der Waals surface area contributed by atoms with Crippen LogP contribution in [0.4, 0.5) is 0 Å².